The van der Waals surface area contributed by atoms with Crippen LogP contribution in [0.5, 0.6) is 0 Å². The molecule has 11 aromatic rings. The molecule has 0 atom stereocenters. The van der Waals surface area contributed by atoms with Gasteiger partial charge in [-0.3, -0.25) is 9.36 Å². The van der Waals surface area contributed by atoms with Crippen LogP contribution in [0.25, 0.3) is 49.9 Å². The van der Waals surface area contributed by atoms with E-state index < -0.39 is 5.41 Å². The van der Waals surface area contributed by atoms with Gasteiger partial charge in [-0.25, -0.2) is 9.97 Å². The van der Waals surface area contributed by atoms with Crippen LogP contribution in [0.3, 0.4) is 0 Å². The first-order valence-corrected chi connectivity index (χ1v) is 22.3. The van der Waals surface area contributed by atoms with E-state index in [0.717, 1.165) is 95.0 Å². The van der Waals surface area contributed by atoms with Gasteiger partial charge in [-0.15, -0.1) is 0 Å². The fourth-order valence-electron chi connectivity index (χ4n) is 10.7. The highest BCUT2D eigenvalue weighted by Gasteiger charge is 2.50. The molecule has 2 aromatic heterocycles. The number of nitrogens with zero attached hydrogens (tertiary/aromatic N) is 5. The van der Waals surface area contributed by atoms with Crippen molar-refractivity contribution in [3.05, 3.63) is 269 Å². The smallest absolute Gasteiger partial charge is 0.263 e. The SMILES string of the molecule is O=c1c2ccc(-c3ncccn3)cc2c2cccc3c2n1-c1ccccc1C31c2ccccc2N(c2ccc(-c3ccc(N(c4ccccc4)c4ccccc4)cc3)cc2)c2ccccc21. The van der Waals surface area contributed by atoms with Crippen molar-refractivity contribution in [1.29, 1.82) is 0 Å². The van der Waals surface area contributed by atoms with E-state index in [2.05, 4.69) is 220 Å². The molecule has 0 aliphatic carbocycles. The molecule has 2 aliphatic heterocycles. The van der Waals surface area contributed by atoms with Gasteiger partial charge in [0.1, 0.15) is 0 Å². The molecule has 6 heteroatoms. The van der Waals surface area contributed by atoms with Gasteiger partial charge in [0.2, 0.25) is 0 Å². The highest BCUT2D eigenvalue weighted by molar-refractivity contribution is 6.10. The third-order valence-corrected chi connectivity index (χ3v) is 13.5. The minimum atomic E-state index is -0.755. The number of pyridine rings is 1. The molecule has 0 bridgehead atoms. The first kappa shape index (κ1) is 37.7. The quantitative estimate of drug-likeness (QED) is 0.156. The first-order chi connectivity index (χ1) is 32.7. The van der Waals surface area contributed by atoms with Crippen LogP contribution in [0, 0.1) is 0 Å². The average Bonchev–Trinajstić information content (AvgIpc) is 3.39. The third-order valence-electron chi connectivity index (χ3n) is 13.5. The molecule has 4 heterocycles. The molecule has 66 heavy (non-hydrogen) atoms. The summed E-state index contributed by atoms with van der Waals surface area (Å²) >= 11 is 0. The minimum Gasteiger partial charge on any atom is -0.311 e. The number of hydrogen-bond donors (Lipinski definition) is 0. The Balaban J connectivity index is 0.960. The number of anilines is 6. The summed E-state index contributed by atoms with van der Waals surface area (Å²) in [4.78, 5) is 28.8. The number of aromatic nitrogens is 3. The summed E-state index contributed by atoms with van der Waals surface area (Å²) in [5, 5.41) is 2.54. The van der Waals surface area contributed by atoms with Crippen molar-refractivity contribution in [3.8, 4) is 28.2 Å². The van der Waals surface area contributed by atoms with Crippen LogP contribution in [0.4, 0.5) is 34.1 Å². The molecule has 0 unspecified atom stereocenters. The van der Waals surface area contributed by atoms with E-state index in [-0.39, 0.29) is 5.56 Å². The van der Waals surface area contributed by atoms with E-state index >= 15 is 0 Å². The molecule has 2 aliphatic rings. The highest BCUT2D eigenvalue weighted by atomic mass is 16.1. The predicted octanol–water partition coefficient (Wildman–Crippen LogP) is 14.2. The lowest BCUT2D eigenvalue weighted by Gasteiger charge is -2.49. The molecule has 0 fully saturated rings. The average molecular weight is 846 g/mol. The summed E-state index contributed by atoms with van der Waals surface area (Å²) in [6, 6.07) is 79.1. The molecular weight excluding hydrogens is 807 g/mol. The van der Waals surface area contributed by atoms with Crippen LogP contribution >= 0.6 is 0 Å². The molecular formula is C60H39N5O. The second-order valence-electron chi connectivity index (χ2n) is 16.9. The van der Waals surface area contributed by atoms with E-state index in [1.165, 1.54) is 0 Å². The second kappa shape index (κ2) is 14.9. The van der Waals surface area contributed by atoms with Gasteiger partial charge in [0.25, 0.3) is 5.56 Å². The van der Waals surface area contributed by atoms with Crippen LogP contribution in [0.1, 0.15) is 22.3 Å². The normalized spacial score (nSPS) is 13.0. The van der Waals surface area contributed by atoms with Gasteiger partial charge in [0, 0.05) is 51.5 Å². The Morgan fingerprint density at radius 1 is 0.394 bits per heavy atom. The van der Waals surface area contributed by atoms with Gasteiger partial charge in [0.05, 0.1) is 28.0 Å². The molecule has 1 spiro atoms. The number of benzene rings is 9. The highest BCUT2D eigenvalue weighted by Crippen LogP contribution is 2.61. The largest absolute Gasteiger partial charge is 0.311 e. The van der Waals surface area contributed by atoms with E-state index in [1.54, 1.807) is 12.4 Å². The maximum Gasteiger partial charge on any atom is 0.263 e. The van der Waals surface area contributed by atoms with Crippen molar-refractivity contribution in [1.82, 2.24) is 14.5 Å². The van der Waals surface area contributed by atoms with Gasteiger partial charge >= 0.3 is 0 Å². The third kappa shape index (κ3) is 5.52. The van der Waals surface area contributed by atoms with Gasteiger partial charge in [0.15, 0.2) is 5.82 Å². The minimum absolute atomic E-state index is 0.0498. The zero-order valence-corrected chi connectivity index (χ0v) is 35.7. The number of para-hydroxylation sites is 6. The summed E-state index contributed by atoms with van der Waals surface area (Å²) in [7, 11) is 0. The van der Waals surface area contributed by atoms with Gasteiger partial charge in [-0.05, 0) is 124 Å². The number of fused-ring (bicyclic) bond motifs is 10. The topological polar surface area (TPSA) is 54.3 Å². The Morgan fingerprint density at radius 2 is 0.894 bits per heavy atom. The van der Waals surface area contributed by atoms with Crippen LogP contribution in [-0.2, 0) is 5.41 Å². The Hall–Kier alpha value is -8.87. The van der Waals surface area contributed by atoms with Crippen molar-refractivity contribution >= 4 is 55.8 Å². The maximum atomic E-state index is 15.0. The predicted molar refractivity (Wildman–Crippen MR) is 268 cm³/mol. The molecule has 13 rings (SSSR count). The summed E-state index contributed by atoms with van der Waals surface area (Å²) in [6.07, 6.45) is 3.50. The first-order valence-electron chi connectivity index (χ1n) is 22.3. The van der Waals surface area contributed by atoms with Crippen molar-refractivity contribution in [2.75, 3.05) is 9.80 Å². The van der Waals surface area contributed by atoms with Crippen molar-refractivity contribution in [2.24, 2.45) is 0 Å². The standard InChI is InChI=1S/C60H39N5O/c66-59-48-36-31-42(58-61-37-14-38-62-58)39-49(48)47-19-13-23-53-57(47)65(59)56-26-12-9-22-52(56)60(53)50-20-7-10-24-54(50)64(55-25-11-8-21-51(55)60)46-34-29-41(30-35-46)40-27-32-45(33-28-40)63(43-15-3-1-4-16-43)44-17-5-2-6-18-44/h1-39H. The zero-order chi connectivity index (χ0) is 43.8. The Labute approximate surface area is 381 Å². The Kier molecular flexibility index (Phi) is 8.48. The van der Waals surface area contributed by atoms with Crippen LogP contribution in [0.15, 0.2) is 242 Å². The lowest BCUT2D eigenvalue weighted by atomic mass is 9.60. The van der Waals surface area contributed by atoms with Crippen molar-refractivity contribution in [3.63, 3.8) is 0 Å². The van der Waals surface area contributed by atoms with Crippen LogP contribution in [-0.4, -0.2) is 14.5 Å². The Morgan fingerprint density at radius 3 is 1.52 bits per heavy atom. The van der Waals surface area contributed by atoms with Crippen LogP contribution in [0.2, 0.25) is 0 Å². The van der Waals surface area contributed by atoms with Crippen LogP contribution < -0.4 is 15.4 Å². The van der Waals surface area contributed by atoms with E-state index in [9.17, 15) is 4.79 Å². The summed E-state index contributed by atoms with van der Waals surface area (Å²) < 4.78 is 1.95. The Bertz CT molecular complexity index is 3630. The van der Waals surface area contributed by atoms with Crippen molar-refractivity contribution in [2.45, 2.75) is 5.41 Å². The van der Waals surface area contributed by atoms with Gasteiger partial charge in [-0.2, -0.15) is 0 Å². The lowest BCUT2D eigenvalue weighted by molar-refractivity contribution is 0.709. The molecule has 9 aromatic carbocycles. The molecule has 6 nitrogen and oxygen atoms in total. The second-order valence-corrected chi connectivity index (χ2v) is 16.9. The van der Waals surface area contributed by atoms with Gasteiger partial charge < -0.3 is 9.80 Å². The number of hydrogen-bond acceptors (Lipinski definition) is 5. The van der Waals surface area contributed by atoms with Crippen molar-refractivity contribution < 1.29 is 0 Å². The van der Waals surface area contributed by atoms with E-state index in [1.807, 2.05) is 28.8 Å². The summed E-state index contributed by atoms with van der Waals surface area (Å²) in [6.45, 7) is 0. The fourth-order valence-corrected chi connectivity index (χ4v) is 10.7. The molecule has 0 N–H and O–H groups in total. The molecule has 0 amide bonds. The maximum absolute atomic E-state index is 15.0. The fraction of sp³-hybridized carbons (Fsp3) is 0.0167. The monoisotopic (exact) mass is 845 g/mol. The zero-order valence-electron chi connectivity index (χ0n) is 35.7. The summed E-state index contributed by atoms with van der Waals surface area (Å²) in [5.41, 5.74) is 15.1. The van der Waals surface area contributed by atoms with E-state index in [0.29, 0.717) is 11.2 Å². The lowest BCUT2D eigenvalue weighted by Crippen LogP contribution is -2.42. The molecule has 0 radical (unpaired) electrons. The van der Waals surface area contributed by atoms with Gasteiger partial charge in [-0.1, -0.05) is 140 Å². The summed E-state index contributed by atoms with van der Waals surface area (Å²) in [5.74, 6) is 0.622. The number of rotatable bonds is 6. The molecule has 0 saturated heterocycles. The molecule has 0 saturated carbocycles. The van der Waals surface area contributed by atoms with E-state index in [4.69, 9.17) is 0 Å². The molecule has 310 valence electrons.